The predicted octanol–water partition coefficient (Wildman–Crippen LogP) is 2.87. The van der Waals surface area contributed by atoms with Crippen LogP contribution in [0.25, 0.3) is 0 Å². The maximum Gasteiger partial charge on any atom is 0.245 e. The number of likely N-dealkylation sites (tertiary alicyclic amines) is 1. The molecule has 5 heteroatoms. The van der Waals surface area contributed by atoms with Gasteiger partial charge >= 0.3 is 0 Å². The normalized spacial score (nSPS) is 21.1. The number of hydrogen-bond donors (Lipinski definition) is 1. The first-order valence-electron chi connectivity index (χ1n) is 8.17. The molecule has 1 N–H and O–H groups in total. The minimum Gasteiger partial charge on any atom is -0.354 e. The van der Waals surface area contributed by atoms with Crippen LogP contribution in [-0.2, 0) is 16.1 Å². The highest BCUT2D eigenvalue weighted by atomic mass is 19.1. The average molecular weight is 320 g/mol. The van der Waals surface area contributed by atoms with Crippen LogP contribution < -0.4 is 5.32 Å². The molecule has 0 spiro atoms. The van der Waals surface area contributed by atoms with E-state index in [-0.39, 0.29) is 24.2 Å². The topological polar surface area (TPSA) is 49.4 Å². The molecule has 2 amide bonds. The SMILES string of the molecule is CC(C)CCNC(=O)[C@@]1(C)CCC(=O)N1Cc1ccccc1F. The molecule has 0 radical (unpaired) electrons. The van der Waals surface area contributed by atoms with E-state index < -0.39 is 5.54 Å². The summed E-state index contributed by atoms with van der Waals surface area (Å²) in [4.78, 5) is 26.3. The first-order valence-corrected chi connectivity index (χ1v) is 8.17. The van der Waals surface area contributed by atoms with Crippen LogP contribution in [0.15, 0.2) is 24.3 Å². The van der Waals surface area contributed by atoms with Crippen LogP contribution in [0.2, 0.25) is 0 Å². The van der Waals surface area contributed by atoms with E-state index in [0.717, 1.165) is 6.42 Å². The van der Waals surface area contributed by atoms with Gasteiger partial charge in [-0.05, 0) is 31.7 Å². The molecule has 0 unspecified atom stereocenters. The van der Waals surface area contributed by atoms with E-state index in [1.54, 1.807) is 25.1 Å². The van der Waals surface area contributed by atoms with Crippen molar-refractivity contribution >= 4 is 11.8 Å². The van der Waals surface area contributed by atoms with Crippen molar-refractivity contribution in [3.63, 3.8) is 0 Å². The van der Waals surface area contributed by atoms with Gasteiger partial charge in [-0.25, -0.2) is 4.39 Å². The first-order chi connectivity index (χ1) is 10.8. The smallest absolute Gasteiger partial charge is 0.245 e. The molecule has 1 aliphatic heterocycles. The van der Waals surface area contributed by atoms with Crippen molar-refractivity contribution in [1.82, 2.24) is 10.2 Å². The van der Waals surface area contributed by atoms with Gasteiger partial charge in [-0.1, -0.05) is 32.0 Å². The van der Waals surface area contributed by atoms with Crippen LogP contribution in [0.4, 0.5) is 4.39 Å². The van der Waals surface area contributed by atoms with Gasteiger partial charge in [0, 0.05) is 25.1 Å². The average Bonchev–Trinajstić information content (AvgIpc) is 2.78. The van der Waals surface area contributed by atoms with E-state index in [2.05, 4.69) is 19.2 Å². The minimum absolute atomic E-state index is 0.102. The maximum absolute atomic E-state index is 13.9. The zero-order chi connectivity index (χ0) is 17.0. The summed E-state index contributed by atoms with van der Waals surface area (Å²) in [7, 11) is 0. The molecule has 1 fully saturated rings. The van der Waals surface area contributed by atoms with Crippen LogP contribution >= 0.6 is 0 Å². The van der Waals surface area contributed by atoms with Crippen molar-refractivity contribution < 1.29 is 14.0 Å². The largest absolute Gasteiger partial charge is 0.354 e. The Balaban J connectivity index is 2.11. The van der Waals surface area contributed by atoms with Gasteiger partial charge in [-0.3, -0.25) is 9.59 Å². The predicted molar refractivity (Wildman–Crippen MR) is 87.1 cm³/mol. The number of nitrogens with one attached hydrogen (secondary N) is 1. The highest BCUT2D eigenvalue weighted by molar-refractivity contribution is 5.94. The van der Waals surface area contributed by atoms with Crippen molar-refractivity contribution in [3.05, 3.63) is 35.6 Å². The number of nitrogens with zero attached hydrogens (tertiary/aromatic N) is 1. The van der Waals surface area contributed by atoms with Gasteiger partial charge in [-0.2, -0.15) is 0 Å². The minimum atomic E-state index is -0.906. The van der Waals surface area contributed by atoms with Gasteiger partial charge in [-0.15, -0.1) is 0 Å². The molecule has 126 valence electrons. The number of benzene rings is 1. The van der Waals surface area contributed by atoms with Crippen molar-refractivity contribution in [3.8, 4) is 0 Å². The lowest BCUT2D eigenvalue weighted by molar-refractivity contribution is -0.141. The summed E-state index contributed by atoms with van der Waals surface area (Å²) >= 11 is 0. The number of hydrogen-bond acceptors (Lipinski definition) is 2. The van der Waals surface area contributed by atoms with Gasteiger partial charge in [0.2, 0.25) is 11.8 Å². The van der Waals surface area contributed by atoms with E-state index in [1.807, 2.05) is 0 Å². The summed E-state index contributed by atoms with van der Waals surface area (Å²) in [5.41, 5.74) is -0.472. The molecule has 1 atom stereocenters. The van der Waals surface area contributed by atoms with Gasteiger partial charge in [0.25, 0.3) is 0 Å². The molecule has 1 aromatic carbocycles. The van der Waals surface area contributed by atoms with E-state index in [1.165, 1.54) is 11.0 Å². The molecular formula is C18H25FN2O2. The Bertz CT molecular complexity index is 588. The second-order valence-corrected chi connectivity index (χ2v) is 6.78. The molecule has 1 saturated heterocycles. The summed E-state index contributed by atoms with van der Waals surface area (Å²) in [6, 6.07) is 6.37. The van der Waals surface area contributed by atoms with Crippen LogP contribution in [0.1, 0.15) is 45.6 Å². The van der Waals surface area contributed by atoms with Crippen molar-refractivity contribution in [2.45, 2.75) is 52.1 Å². The molecule has 4 nitrogen and oxygen atoms in total. The second kappa shape index (κ2) is 7.11. The van der Waals surface area contributed by atoms with E-state index in [0.29, 0.717) is 30.9 Å². The molecule has 0 saturated carbocycles. The number of halogens is 1. The van der Waals surface area contributed by atoms with Crippen molar-refractivity contribution in [1.29, 1.82) is 0 Å². The molecule has 0 aliphatic carbocycles. The summed E-state index contributed by atoms with van der Waals surface area (Å²) in [5.74, 6) is -0.104. The van der Waals surface area contributed by atoms with Gasteiger partial charge in [0.05, 0.1) is 0 Å². The Hall–Kier alpha value is -1.91. The third kappa shape index (κ3) is 3.89. The number of amides is 2. The fourth-order valence-corrected chi connectivity index (χ4v) is 2.86. The lowest BCUT2D eigenvalue weighted by atomic mass is 9.96. The molecule has 0 bridgehead atoms. The Morgan fingerprint density at radius 3 is 2.74 bits per heavy atom. The van der Waals surface area contributed by atoms with Crippen LogP contribution in [0.5, 0.6) is 0 Å². The number of carbonyl (C=O) groups is 2. The fourth-order valence-electron chi connectivity index (χ4n) is 2.86. The van der Waals surface area contributed by atoms with Crippen molar-refractivity contribution in [2.75, 3.05) is 6.54 Å². The maximum atomic E-state index is 13.9. The molecule has 1 aromatic rings. The number of rotatable bonds is 6. The summed E-state index contributed by atoms with van der Waals surface area (Å²) in [6.07, 6.45) is 1.68. The summed E-state index contributed by atoms with van der Waals surface area (Å²) in [6.45, 7) is 6.67. The van der Waals surface area contributed by atoms with Gasteiger partial charge < -0.3 is 10.2 Å². The zero-order valence-corrected chi connectivity index (χ0v) is 14.1. The van der Waals surface area contributed by atoms with E-state index >= 15 is 0 Å². The van der Waals surface area contributed by atoms with E-state index in [4.69, 9.17) is 0 Å². The summed E-state index contributed by atoms with van der Waals surface area (Å²) in [5, 5.41) is 2.92. The lowest BCUT2D eigenvalue weighted by Gasteiger charge is -2.34. The van der Waals surface area contributed by atoms with Crippen LogP contribution in [-0.4, -0.2) is 28.8 Å². The van der Waals surface area contributed by atoms with Crippen molar-refractivity contribution in [2.24, 2.45) is 5.92 Å². The van der Waals surface area contributed by atoms with Gasteiger partial charge in [0.15, 0.2) is 0 Å². The first kappa shape index (κ1) is 17.4. The third-order valence-electron chi connectivity index (χ3n) is 4.51. The molecular weight excluding hydrogens is 295 g/mol. The lowest BCUT2D eigenvalue weighted by Crippen LogP contribution is -2.54. The zero-order valence-electron chi connectivity index (χ0n) is 14.1. The molecule has 1 aliphatic rings. The molecule has 23 heavy (non-hydrogen) atoms. The molecule has 1 heterocycles. The monoisotopic (exact) mass is 320 g/mol. The highest BCUT2D eigenvalue weighted by Gasteiger charge is 2.47. The fraction of sp³-hybridized carbons (Fsp3) is 0.556. The second-order valence-electron chi connectivity index (χ2n) is 6.78. The van der Waals surface area contributed by atoms with E-state index in [9.17, 15) is 14.0 Å². The Labute approximate surface area is 137 Å². The Kier molecular flexibility index (Phi) is 5.39. The Morgan fingerprint density at radius 2 is 2.09 bits per heavy atom. The van der Waals surface area contributed by atoms with Crippen LogP contribution in [0.3, 0.4) is 0 Å². The molecule has 2 rings (SSSR count). The molecule has 0 aromatic heterocycles. The third-order valence-corrected chi connectivity index (χ3v) is 4.51. The van der Waals surface area contributed by atoms with Gasteiger partial charge in [0.1, 0.15) is 11.4 Å². The Morgan fingerprint density at radius 1 is 1.39 bits per heavy atom. The van der Waals surface area contributed by atoms with Crippen LogP contribution in [0, 0.1) is 11.7 Å². The summed E-state index contributed by atoms with van der Waals surface area (Å²) < 4.78 is 13.9. The quantitative estimate of drug-likeness (QED) is 0.876. The standard InChI is InChI=1S/C18H25FN2O2/c1-13(2)9-11-20-17(23)18(3)10-8-16(22)21(18)12-14-6-4-5-7-15(14)19/h4-7,13H,8-12H2,1-3H3,(H,20,23)/t18-/m1/s1. The highest BCUT2D eigenvalue weighted by Crippen LogP contribution is 2.32. The number of carbonyl (C=O) groups excluding carboxylic acids is 2.